The molecular formula is C12H25N3O. The molecule has 1 saturated carbocycles. The van der Waals surface area contributed by atoms with Gasteiger partial charge in [0, 0.05) is 33.2 Å². The smallest absolute Gasteiger partial charge is 0.239 e. The molecule has 1 unspecified atom stereocenters. The second-order valence-electron chi connectivity index (χ2n) is 4.87. The van der Waals surface area contributed by atoms with Crippen molar-refractivity contribution in [3.63, 3.8) is 0 Å². The molecule has 4 heteroatoms. The number of carbonyl (C=O) groups excluding carboxylic acids is 1. The van der Waals surface area contributed by atoms with Crippen molar-refractivity contribution in [3.05, 3.63) is 0 Å². The predicted molar refractivity (Wildman–Crippen MR) is 66.2 cm³/mol. The Balaban J connectivity index is 2.64. The van der Waals surface area contributed by atoms with Gasteiger partial charge in [-0.25, -0.2) is 0 Å². The third-order valence-electron chi connectivity index (χ3n) is 3.48. The third-order valence-corrected chi connectivity index (χ3v) is 3.48. The van der Waals surface area contributed by atoms with Crippen molar-refractivity contribution in [3.8, 4) is 0 Å². The largest absolute Gasteiger partial charge is 0.347 e. The van der Waals surface area contributed by atoms with Crippen molar-refractivity contribution in [2.75, 3.05) is 27.2 Å². The van der Waals surface area contributed by atoms with E-state index in [1.165, 1.54) is 25.7 Å². The Labute approximate surface area is 98.8 Å². The lowest BCUT2D eigenvalue weighted by Gasteiger charge is -2.34. The molecule has 0 aromatic rings. The lowest BCUT2D eigenvalue weighted by molar-refractivity contribution is -0.134. The van der Waals surface area contributed by atoms with Gasteiger partial charge in [0.15, 0.2) is 0 Å². The van der Waals surface area contributed by atoms with E-state index in [2.05, 4.69) is 4.90 Å². The maximum atomic E-state index is 12.0. The summed E-state index contributed by atoms with van der Waals surface area (Å²) in [5, 5.41) is 0. The first-order valence-electron chi connectivity index (χ1n) is 6.25. The van der Waals surface area contributed by atoms with Crippen LogP contribution in [0.5, 0.6) is 0 Å². The SMILES string of the molecule is CC(C(=O)N(C)C)N(CCN)C1CCCC1. The molecule has 0 aliphatic heterocycles. The summed E-state index contributed by atoms with van der Waals surface area (Å²) in [5.41, 5.74) is 5.64. The predicted octanol–water partition coefficient (Wildman–Crippen LogP) is 0.666. The van der Waals surface area contributed by atoms with Crippen LogP contribution in [0.4, 0.5) is 0 Å². The molecule has 94 valence electrons. The first-order chi connectivity index (χ1) is 7.57. The number of hydrogen-bond acceptors (Lipinski definition) is 3. The second-order valence-corrected chi connectivity index (χ2v) is 4.87. The molecule has 0 spiro atoms. The lowest BCUT2D eigenvalue weighted by atomic mass is 10.1. The number of rotatable bonds is 5. The molecule has 0 aromatic heterocycles. The molecule has 0 heterocycles. The first-order valence-corrected chi connectivity index (χ1v) is 6.25. The van der Waals surface area contributed by atoms with Crippen molar-refractivity contribution in [1.29, 1.82) is 0 Å². The molecule has 1 aliphatic rings. The van der Waals surface area contributed by atoms with Crippen molar-refractivity contribution in [2.24, 2.45) is 5.73 Å². The van der Waals surface area contributed by atoms with Crippen molar-refractivity contribution < 1.29 is 4.79 Å². The third kappa shape index (κ3) is 3.19. The highest BCUT2D eigenvalue weighted by molar-refractivity contribution is 5.81. The summed E-state index contributed by atoms with van der Waals surface area (Å²) in [6, 6.07) is 0.518. The van der Waals surface area contributed by atoms with Crippen LogP contribution in [0.15, 0.2) is 0 Å². The number of hydrogen-bond donors (Lipinski definition) is 1. The van der Waals surface area contributed by atoms with Crippen LogP contribution in [0.1, 0.15) is 32.6 Å². The monoisotopic (exact) mass is 227 g/mol. The Bertz CT molecular complexity index is 224. The fourth-order valence-electron chi connectivity index (χ4n) is 2.59. The van der Waals surface area contributed by atoms with E-state index >= 15 is 0 Å². The standard InChI is InChI=1S/C12H25N3O/c1-10(12(16)14(2)3)15(9-8-13)11-6-4-5-7-11/h10-11H,4-9,13H2,1-3H3. The summed E-state index contributed by atoms with van der Waals surface area (Å²) in [5.74, 6) is 0.181. The Morgan fingerprint density at radius 2 is 1.94 bits per heavy atom. The maximum absolute atomic E-state index is 12.0. The van der Waals surface area contributed by atoms with Gasteiger partial charge in [-0.2, -0.15) is 0 Å². The van der Waals surface area contributed by atoms with Crippen molar-refractivity contribution in [1.82, 2.24) is 9.80 Å². The van der Waals surface area contributed by atoms with Crippen LogP contribution in [-0.4, -0.2) is 55.0 Å². The quantitative estimate of drug-likeness (QED) is 0.751. The Hall–Kier alpha value is -0.610. The highest BCUT2D eigenvalue weighted by Gasteiger charge is 2.30. The molecule has 1 atom stereocenters. The first kappa shape index (κ1) is 13.5. The molecule has 1 rings (SSSR count). The van der Waals surface area contributed by atoms with Crippen LogP contribution < -0.4 is 5.73 Å². The van der Waals surface area contributed by atoms with Gasteiger partial charge < -0.3 is 10.6 Å². The van der Waals surface area contributed by atoms with Gasteiger partial charge >= 0.3 is 0 Å². The van der Waals surface area contributed by atoms with Crippen LogP contribution in [-0.2, 0) is 4.79 Å². The number of likely N-dealkylation sites (N-methyl/N-ethyl adjacent to an activating group) is 1. The molecule has 0 bridgehead atoms. The highest BCUT2D eigenvalue weighted by Crippen LogP contribution is 2.25. The van der Waals surface area contributed by atoms with Crippen LogP contribution in [0.25, 0.3) is 0 Å². The molecule has 1 fully saturated rings. The Kier molecular flexibility index (Phi) is 5.22. The van der Waals surface area contributed by atoms with E-state index in [-0.39, 0.29) is 11.9 Å². The van der Waals surface area contributed by atoms with Crippen molar-refractivity contribution >= 4 is 5.91 Å². The van der Waals surface area contributed by atoms with Gasteiger partial charge in [-0.05, 0) is 19.8 Å². The van der Waals surface area contributed by atoms with Crippen LogP contribution >= 0.6 is 0 Å². The molecule has 2 N–H and O–H groups in total. The molecule has 1 aliphatic carbocycles. The van der Waals surface area contributed by atoms with Crippen LogP contribution in [0, 0.1) is 0 Å². The fourth-order valence-corrected chi connectivity index (χ4v) is 2.59. The topological polar surface area (TPSA) is 49.6 Å². The molecule has 0 aromatic carbocycles. The normalized spacial score (nSPS) is 19.1. The summed E-state index contributed by atoms with van der Waals surface area (Å²) in [4.78, 5) is 15.9. The summed E-state index contributed by atoms with van der Waals surface area (Å²) in [6.45, 7) is 3.45. The van der Waals surface area contributed by atoms with Gasteiger partial charge in [-0.3, -0.25) is 9.69 Å². The van der Waals surface area contributed by atoms with Crippen LogP contribution in [0.2, 0.25) is 0 Å². The lowest BCUT2D eigenvalue weighted by Crippen LogP contribution is -2.50. The minimum absolute atomic E-state index is 0.0401. The highest BCUT2D eigenvalue weighted by atomic mass is 16.2. The van der Waals surface area contributed by atoms with E-state index in [1.807, 2.05) is 21.0 Å². The minimum Gasteiger partial charge on any atom is -0.347 e. The molecule has 0 saturated heterocycles. The summed E-state index contributed by atoms with van der Waals surface area (Å²) < 4.78 is 0. The van der Waals surface area contributed by atoms with E-state index in [4.69, 9.17) is 5.73 Å². The summed E-state index contributed by atoms with van der Waals surface area (Å²) in [6.07, 6.45) is 5.00. The molecular weight excluding hydrogens is 202 g/mol. The summed E-state index contributed by atoms with van der Waals surface area (Å²) in [7, 11) is 3.63. The average Bonchev–Trinajstić information content (AvgIpc) is 2.76. The van der Waals surface area contributed by atoms with E-state index in [0.29, 0.717) is 12.6 Å². The second kappa shape index (κ2) is 6.21. The molecule has 4 nitrogen and oxygen atoms in total. The molecule has 1 amide bonds. The molecule has 16 heavy (non-hydrogen) atoms. The van der Waals surface area contributed by atoms with E-state index in [0.717, 1.165) is 6.54 Å². The number of nitrogens with two attached hydrogens (primary N) is 1. The molecule has 0 radical (unpaired) electrons. The number of amides is 1. The van der Waals surface area contributed by atoms with Crippen LogP contribution in [0.3, 0.4) is 0 Å². The summed E-state index contributed by atoms with van der Waals surface area (Å²) >= 11 is 0. The fraction of sp³-hybridized carbons (Fsp3) is 0.917. The van der Waals surface area contributed by atoms with Gasteiger partial charge in [-0.1, -0.05) is 12.8 Å². The van der Waals surface area contributed by atoms with Gasteiger partial charge in [0.05, 0.1) is 6.04 Å². The minimum atomic E-state index is -0.0401. The van der Waals surface area contributed by atoms with Gasteiger partial charge in [-0.15, -0.1) is 0 Å². The van der Waals surface area contributed by atoms with Gasteiger partial charge in [0.1, 0.15) is 0 Å². The maximum Gasteiger partial charge on any atom is 0.239 e. The van der Waals surface area contributed by atoms with Gasteiger partial charge in [0.2, 0.25) is 5.91 Å². The number of nitrogens with zero attached hydrogens (tertiary/aromatic N) is 2. The van der Waals surface area contributed by atoms with Gasteiger partial charge in [0.25, 0.3) is 0 Å². The zero-order valence-electron chi connectivity index (χ0n) is 10.8. The van der Waals surface area contributed by atoms with E-state index in [9.17, 15) is 4.79 Å². The number of carbonyl (C=O) groups is 1. The van der Waals surface area contributed by atoms with Crippen molar-refractivity contribution in [2.45, 2.75) is 44.7 Å². The Morgan fingerprint density at radius 3 is 2.38 bits per heavy atom. The Morgan fingerprint density at radius 1 is 1.38 bits per heavy atom. The van der Waals surface area contributed by atoms with E-state index in [1.54, 1.807) is 4.90 Å². The van der Waals surface area contributed by atoms with E-state index < -0.39 is 0 Å². The zero-order chi connectivity index (χ0) is 12.1. The average molecular weight is 227 g/mol. The zero-order valence-corrected chi connectivity index (χ0v) is 10.8.